The minimum atomic E-state index is -0.464. The van der Waals surface area contributed by atoms with Gasteiger partial charge in [0.1, 0.15) is 17.1 Å². The molecular formula is C27H37N3O4. The molecular weight excluding hydrogens is 430 g/mol. The standard InChI is InChI=1S/C19H21N3O4.C8H16/c1-11(2)26-13-7-5-12(6-8-13)20-19-21-15-9-14(18(23)25-4)17(24-3)10-16(15)22-19;1-8(2)6-4-3-5-7-8/h5-11H,1-4H3,(H2,20,21,22);3-7H2,1-2H3. The molecule has 2 aromatic carbocycles. The van der Waals surface area contributed by atoms with Gasteiger partial charge in [-0.15, -0.1) is 0 Å². The Morgan fingerprint density at radius 1 is 1.06 bits per heavy atom. The van der Waals surface area contributed by atoms with Crippen molar-refractivity contribution in [3.63, 3.8) is 0 Å². The molecule has 1 aromatic heterocycles. The Labute approximate surface area is 202 Å². The predicted molar refractivity (Wildman–Crippen MR) is 136 cm³/mol. The molecule has 0 radical (unpaired) electrons. The van der Waals surface area contributed by atoms with Crippen LogP contribution in [0.1, 0.15) is 70.2 Å². The van der Waals surface area contributed by atoms with Gasteiger partial charge in [-0.05, 0) is 62.4 Å². The SMILES string of the molecule is CC1(C)CCCCC1.COC(=O)c1cc2[nH]c(Nc3ccc(OC(C)C)cc3)nc2cc1OC. The third-order valence-electron chi connectivity index (χ3n) is 5.90. The van der Waals surface area contributed by atoms with Gasteiger partial charge in [-0.3, -0.25) is 0 Å². The molecule has 34 heavy (non-hydrogen) atoms. The minimum Gasteiger partial charge on any atom is -0.496 e. The Kier molecular flexibility index (Phi) is 8.42. The molecule has 184 valence electrons. The quantitative estimate of drug-likeness (QED) is 0.385. The fourth-order valence-corrected chi connectivity index (χ4v) is 4.07. The first kappa shape index (κ1) is 25.4. The number of esters is 1. The van der Waals surface area contributed by atoms with Gasteiger partial charge in [0.15, 0.2) is 0 Å². The van der Waals surface area contributed by atoms with Crippen LogP contribution in [-0.4, -0.2) is 36.3 Å². The summed E-state index contributed by atoms with van der Waals surface area (Å²) in [6, 6.07) is 11.0. The molecule has 1 heterocycles. The lowest BCUT2D eigenvalue weighted by atomic mass is 9.78. The van der Waals surface area contributed by atoms with Gasteiger partial charge in [0, 0.05) is 11.8 Å². The van der Waals surface area contributed by atoms with Crippen LogP contribution >= 0.6 is 0 Å². The molecule has 0 saturated heterocycles. The Bertz CT molecular complexity index is 1080. The fourth-order valence-electron chi connectivity index (χ4n) is 4.07. The Morgan fingerprint density at radius 2 is 1.74 bits per heavy atom. The number of nitrogens with one attached hydrogen (secondary N) is 2. The summed E-state index contributed by atoms with van der Waals surface area (Å²) >= 11 is 0. The summed E-state index contributed by atoms with van der Waals surface area (Å²) < 4.78 is 15.7. The molecule has 7 nitrogen and oxygen atoms in total. The maximum absolute atomic E-state index is 11.9. The Morgan fingerprint density at radius 3 is 2.26 bits per heavy atom. The molecule has 7 heteroatoms. The molecule has 1 saturated carbocycles. The van der Waals surface area contributed by atoms with E-state index in [1.165, 1.54) is 46.3 Å². The lowest BCUT2D eigenvalue weighted by Gasteiger charge is -2.28. The summed E-state index contributed by atoms with van der Waals surface area (Å²) in [6.07, 6.45) is 7.44. The van der Waals surface area contributed by atoms with Crippen LogP contribution in [0.2, 0.25) is 0 Å². The third kappa shape index (κ3) is 6.89. The summed E-state index contributed by atoms with van der Waals surface area (Å²) in [7, 11) is 2.83. The number of nitrogens with zero attached hydrogens (tertiary/aromatic N) is 1. The molecule has 1 fully saturated rings. The van der Waals surface area contributed by atoms with Crippen LogP contribution in [-0.2, 0) is 4.74 Å². The number of hydrogen-bond acceptors (Lipinski definition) is 6. The van der Waals surface area contributed by atoms with Gasteiger partial charge >= 0.3 is 5.97 Å². The zero-order chi connectivity index (χ0) is 24.7. The molecule has 0 atom stereocenters. The number of imidazole rings is 1. The van der Waals surface area contributed by atoms with E-state index in [1.54, 1.807) is 12.1 Å². The van der Waals surface area contributed by atoms with Crippen molar-refractivity contribution in [1.82, 2.24) is 9.97 Å². The van der Waals surface area contributed by atoms with Gasteiger partial charge in [-0.25, -0.2) is 9.78 Å². The second-order valence-electron chi connectivity index (χ2n) is 9.69. The molecule has 0 bridgehead atoms. The number of hydrogen-bond donors (Lipinski definition) is 2. The van der Waals surface area contributed by atoms with Gasteiger partial charge in [0.25, 0.3) is 0 Å². The van der Waals surface area contributed by atoms with E-state index < -0.39 is 5.97 Å². The molecule has 3 aromatic rings. The first-order valence-electron chi connectivity index (χ1n) is 11.9. The van der Waals surface area contributed by atoms with E-state index in [0.717, 1.165) is 11.4 Å². The molecule has 0 amide bonds. The van der Waals surface area contributed by atoms with Crippen LogP contribution in [0.5, 0.6) is 11.5 Å². The van der Waals surface area contributed by atoms with Crippen molar-refractivity contribution in [3.8, 4) is 11.5 Å². The summed E-state index contributed by atoms with van der Waals surface area (Å²) in [4.78, 5) is 19.5. The second-order valence-corrected chi connectivity index (χ2v) is 9.69. The Hall–Kier alpha value is -3.22. The van der Waals surface area contributed by atoms with Crippen molar-refractivity contribution in [3.05, 3.63) is 42.0 Å². The van der Waals surface area contributed by atoms with Gasteiger partial charge in [0.05, 0.1) is 31.4 Å². The molecule has 1 aliphatic rings. The number of aromatic nitrogens is 2. The van der Waals surface area contributed by atoms with Crippen molar-refractivity contribution < 1.29 is 19.0 Å². The molecule has 2 N–H and O–H groups in total. The first-order chi connectivity index (χ1) is 16.2. The van der Waals surface area contributed by atoms with Crippen molar-refractivity contribution in [2.24, 2.45) is 5.41 Å². The van der Waals surface area contributed by atoms with Gasteiger partial charge in [0.2, 0.25) is 5.95 Å². The van der Waals surface area contributed by atoms with Crippen LogP contribution in [0.25, 0.3) is 11.0 Å². The fraction of sp³-hybridized carbons (Fsp3) is 0.481. The summed E-state index contributed by atoms with van der Waals surface area (Å²) in [5, 5.41) is 3.19. The van der Waals surface area contributed by atoms with E-state index in [0.29, 0.717) is 33.7 Å². The molecule has 0 unspecified atom stereocenters. The molecule has 0 spiro atoms. The van der Waals surface area contributed by atoms with Crippen molar-refractivity contribution in [2.75, 3.05) is 19.5 Å². The van der Waals surface area contributed by atoms with E-state index in [-0.39, 0.29) is 6.10 Å². The maximum Gasteiger partial charge on any atom is 0.341 e. The lowest BCUT2D eigenvalue weighted by Crippen LogP contribution is -2.14. The first-order valence-corrected chi connectivity index (χ1v) is 11.9. The van der Waals surface area contributed by atoms with E-state index in [2.05, 4.69) is 29.1 Å². The van der Waals surface area contributed by atoms with Gasteiger partial charge in [-0.1, -0.05) is 33.1 Å². The van der Waals surface area contributed by atoms with Crippen LogP contribution in [0.3, 0.4) is 0 Å². The smallest absolute Gasteiger partial charge is 0.341 e. The van der Waals surface area contributed by atoms with Gasteiger partial charge < -0.3 is 24.5 Å². The number of fused-ring (bicyclic) bond motifs is 1. The highest BCUT2D eigenvalue weighted by Gasteiger charge is 2.20. The number of aromatic amines is 1. The topological polar surface area (TPSA) is 85.5 Å². The highest BCUT2D eigenvalue weighted by molar-refractivity contribution is 5.97. The van der Waals surface area contributed by atoms with Crippen molar-refractivity contribution in [1.29, 1.82) is 0 Å². The lowest BCUT2D eigenvalue weighted by molar-refractivity contribution is 0.0597. The monoisotopic (exact) mass is 467 g/mol. The van der Waals surface area contributed by atoms with Crippen molar-refractivity contribution in [2.45, 2.75) is 65.9 Å². The van der Waals surface area contributed by atoms with Gasteiger partial charge in [-0.2, -0.15) is 0 Å². The van der Waals surface area contributed by atoms with Crippen LogP contribution in [0, 0.1) is 5.41 Å². The highest BCUT2D eigenvalue weighted by Crippen LogP contribution is 2.34. The predicted octanol–water partition coefficient (Wildman–Crippen LogP) is 6.87. The maximum atomic E-state index is 11.9. The van der Waals surface area contributed by atoms with E-state index >= 15 is 0 Å². The molecule has 1 aliphatic carbocycles. The number of benzene rings is 2. The van der Waals surface area contributed by atoms with Crippen LogP contribution < -0.4 is 14.8 Å². The number of anilines is 2. The van der Waals surface area contributed by atoms with Crippen LogP contribution in [0.15, 0.2) is 36.4 Å². The second kappa shape index (κ2) is 11.3. The number of carbonyl (C=O) groups is 1. The van der Waals surface area contributed by atoms with Crippen molar-refractivity contribution >= 4 is 28.6 Å². The van der Waals surface area contributed by atoms with E-state index in [1.807, 2.05) is 38.1 Å². The number of H-pyrrole nitrogens is 1. The molecule has 0 aliphatic heterocycles. The zero-order valence-electron chi connectivity index (χ0n) is 21.2. The Balaban J connectivity index is 0.000000343. The summed E-state index contributed by atoms with van der Waals surface area (Å²) in [6.45, 7) is 8.73. The average molecular weight is 468 g/mol. The van der Waals surface area contributed by atoms with Crippen LogP contribution in [0.4, 0.5) is 11.6 Å². The highest BCUT2D eigenvalue weighted by atomic mass is 16.5. The number of rotatable bonds is 6. The minimum absolute atomic E-state index is 0.128. The zero-order valence-corrected chi connectivity index (χ0v) is 21.2. The summed E-state index contributed by atoms with van der Waals surface area (Å²) in [5.74, 6) is 1.32. The van der Waals surface area contributed by atoms with E-state index in [4.69, 9.17) is 14.2 Å². The normalized spacial score (nSPS) is 14.8. The van der Waals surface area contributed by atoms with E-state index in [9.17, 15) is 4.79 Å². The summed E-state index contributed by atoms with van der Waals surface area (Å²) in [5.41, 5.74) is 3.26. The number of ether oxygens (including phenoxy) is 3. The number of methoxy groups -OCH3 is 2. The largest absolute Gasteiger partial charge is 0.496 e. The molecule has 4 rings (SSSR count). The third-order valence-corrected chi connectivity index (χ3v) is 5.90. The number of carbonyl (C=O) groups excluding carboxylic acids is 1. The average Bonchev–Trinajstić information content (AvgIpc) is 3.20.